The molecule has 3 N–H and O–H groups in total. The summed E-state index contributed by atoms with van der Waals surface area (Å²) in [5.41, 5.74) is 2.54. The smallest absolute Gasteiger partial charge is 0.519 e. The lowest BCUT2D eigenvalue weighted by molar-refractivity contribution is 0.363. The first kappa shape index (κ1) is 18.9. The Morgan fingerprint density at radius 3 is 2.73 bits per heavy atom. The van der Waals surface area contributed by atoms with Crippen molar-refractivity contribution in [3.8, 4) is 5.75 Å². The Balaban J connectivity index is 1.83. The molecule has 0 aliphatic heterocycles. The fraction of sp³-hybridized carbons (Fsp3) is 0.471. The molecule has 0 bridgehead atoms. The minimum atomic E-state index is -3.19. The third kappa shape index (κ3) is 4.28. The van der Waals surface area contributed by atoms with E-state index < -0.39 is 17.1 Å². The van der Waals surface area contributed by atoms with Crippen molar-refractivity contribution in [3.63, 3.8) is 0 Å². The number of pyridine rings is 1. The van der Waals surface area contributed by atoms with E-state index in [2.05, 4.69) is 21.3 Å². The first-order chi connectivity index (χ1) is 12.2. The molecule has 1 aliphatic carbocycles. The van der Waals surface area contributed by atoms with Crippen LogP contribution in [0.15, 0.2) is 25.0 Å². The molecule has 26 heavy (non-hydrogen) atoms. The van der Waals surface area contributed by atoms with Crippen molar-refractivity contribution in [1.82, 2.24) is 14.7 Å². The van der Waals surface area contributed by atoms with E-state index in [4.69, 9.17) is 4.65 Å². The number of hydrogen-bond acceptors (Lipinski definition) is 5. The largest absolute Gasteiger partial charge is 0.535 e. The van der Waals surface area contributed by atoms with Crippen LogP contribution in [0, 0.1) is 5.92 Å². The van der Waals surface area contributed by atoms with Crippen LogP contribution in [0.1, 0.15) is 31.2 Å². The Hall–Kier alpha value is -1.84. The fourth-order valence-corrected chi connectivity index (χ4v) is 4.50. The van der Waals surface area contributed by atoms with Gasteiger partial charge in [0, 0.05) is 23.2 Å². The normalized spacial score (nSPS) is 20.9. The maximum Gasteiger partial charge on any atom is 0.519 e. The van der Waals surface area contributed by atoms with Gasteiger partial charge in [-0.2, -0.15) is 0 Å². The zero-order chi connectivity index (χ0) is 18.9. The maximum absolute atomic E-state index is 11.4. The van der Waals surface area contributed by atoms with Gasteiger partial charge in [-0.25, -0.2) is 18.1 Å². The zero-order valence-corrected chi connectivity index (χ0v) is 15.8. The molecule has 9 heteroatoms. The number of sulfonamides is 1. The Kier molecular flexibility index (Phi) is 5.41. The summed E-state index contributed by atoms with van der Waals surface area (Å²) in [6.07, 6.45) is 7.83. The van der Waals surface area contributed by atoms with Crippen LogP contribution in [0.25, 0.3) is 16.6 Å². The number of rotatable bonds is 6. The topological polar surface area (TPSA) is 104 Å². The van der Waals surface area contributed by atoms with Crippen LogP contribution in [-0.4, -0.2) is 42.8 Å². The van der Waals surface area contributed by atoms with Crippen molar-refractivity contribution < 1.29 is 18.1 Å². The average molecular weight is 377 g/mol. The van der Waals surface area contributed by atoms with Gasteiger partial charge in [0.15, 0.2) is 0 Å². The molecule has 0 unspecified atom stereocenters. The molecule has 1 saturated carbocycles. The van der Waals surface area contributed by atoms with Crippen molar-refractivity contribution >= 4 is 33.7 Å². The minimum Gasteiger partial charge on any atom is -0.535 e. The third-order valence-electron chi connectivity index (χ3n) is 4.77. The second kappa shape index (κ2) is 7.42. The van der Waals surface area contributed by atoms with Crippen molar-refractivity contribution in [2.24, 2.45) is 5.92 Å². The summed E-state index contributed by atoms with van der Waals surface area (Å²) in [5.74, 6) is 0.734. The fourth-order valence-electron chi connectivity index (χ4n) is 3.66. The summed E-state index contributed by atoms with van der Waals surface area (Å²) in [5, 5.41) is 10.5. The lowest BCUT2D eigenvalue weighted by Crippen LogP contribution is -2.37. The summed E-state index contributed by atoms with van der Waals surface area (Å²) in [6.45, 7) is 5.86. The van der Waals surface area contributed by atoms with Crippen LogP contribution in [0.5, 0.6) is 5.75 Å². The van der Waals surface area contributed by atoms with Gasteiger partial charge in [-0.15, -0.1) is 0 Å². The monoisotopic (exact) mass is 377 g/mol. The van der Waals surface area contributed by atoms with Gasteiger partial charge in [0.1, 0.15) is 11.4 Å². The van der Waals surface area contributed by atoms with Gasteiger partial charge in [0.05, 0.1) is 12.5 Å². The lowest BCUT2D eigenvalue weighted by Gasteiger charge is -2.30. The molecule has 0 spiro atoms. The highest BCUT2D eigenvalue weighted by Gasteiger charge is 2.28. The quantitative estimate of drug-likeness (QED) is 0.670. The summed E-state index contributed by atoms with van der Waals surface area (Å²) in [6, 6.07) is 1.90. The van der Waals surface area contributed by atoms with Crippen LogP contribution < -0.4 is 9.38 Å². The van der Waals surface area contributed by atoms with Crippen molar-refractivity contribution in [3.05, 3.63) is 30.6 Å². The van der Waals surface area contributed by atoms with Gasteiger partial charge in [0.25, 0.3) is 0 Å². The predicted molar refractivity (Wildman–Crippen MR) is 103 cm³/mol. The Morgan fingerprint density at radius 2 is 2.12 bits per heavy atom. The van der Waals surface area contributed by atoms with E-state index in [1.54, 1.807) is 13.0 Å². The molecule has 0 saturated heterocycles. The molecule has 7 nitrogen and oxygen atoms in total. The summed E-state index contributed by atoms with van der Waals surface area (Å²) in [7, 11) is -4.14. The Morgan fingerprint density at radius 1 is 1.42 bits per heavy atom. The molecule has 2 aromatic heterocycles. The molecule has 3 rings (SSSR count). The Bertz CT molecular complexity index is 902. The molecule has 2 heterocycles. The number of nitrogens with one attached hydrogen (secondary N) is 2. The number of nitrogens with zero attached hydrogens (tertiary/aromatic N) is 1. The van der Waals surface area contributed by atoms with Crippen LogP contribution in [0.2, 0.25) is 6.82 Å². The van der Waals surface area contributed by atoms with Gasteiger partial charge in [-0.05, 0) is 50.1 Å². The summed E-state index contributed by atoms with van der Waals surface area (Å²) >= 11 is 0. The Labute approximate surface area is 154 Å². The van der Waals surface area contributed by atoms with Gasteiger partial charge in [-0.3, -0.25) is 0 Å². The molecular formula is C17H24BN3O4S. The van der Waals surface area contributed by atoms with Crippen molar-refractivity contribution in [2.75, 3.05) is 6.26 Å². The van der Waals surface area contributed by atoms with E-state index in [1.165, 1.54) is 6.26 Å². The average Bonchev–Trinajstić information content (AvgIpc) is 3.01. The standard InChI is InChI=1S/C17H24BN3O4S/c1-11(12-4-6-13(7-5-12)21-26(3,23)24)16-14-8-9-19-17(14)20-10-15(16)25-18(2)22/h8-10,12-13,21-22H,1,4-7H2,2-3H3,(H,19,20). The number of hydrogen-bond donors (Lipinski definition) is 3. The van der Waals surface area contributed by atoms with Crippen LogP contribution >= 0.6 is 0 Å². The molecular weight excluding hydrogens is 353 g/mol. The molecule has 0 amide bonds. The molecule has 1 fully saturated rings. The second-order valence-corrected chi connectivity index (χ2v) is 8.70. The third-order valence-corrected chi connectivity index (χ3v) is 5.53. The highest BCUT2D eigenvalue weighted by molar-refractivity contribution is 7.88. The van der Waals surface area contributed by atoms with E-state index in [-0.39, 0.29) is 12.0 Å². The minimum absolute atomic E-state index is 0.0213. The highest BCUT2D eigenvalue weighted by Crippen LogP contribution is 2.40. The SMILES string of the molecule is C=C(c1c(OB(C)O)cnc2[nH]ccc12)C1CCC(NS(C)(=O)=O)CC1. The van der Waals surface area contributed by atoms with Gasteiger partial charge < -0.3 is 14.7 Å². The predicted octanol–water partition coefficient (Wildman–Crippen LogP) is 2.17. The summed E-state index contributed by atoms with van der Waals surface area (Å²) < 4.78 is 31.1. The van der Waals surface area contributed by atoms with E-state index in [1.807, 2.05) is 12.3 Å². The number of fused-ring (bicyclic) bond motifs is 1. The van der Waals surface area contributed by atoms with Crippen molar-refractivity contribution in [2.45, 2.75) is 38.5 Å². The van der Waals surface area contributed by atoms with E-state index in [9.17, 15) is 13.4 Å². The molecule has 1 aliphatic rings. The van der Waals surface area contributed by atoms with E-state index in [0.29, 0.717) is 5.75 Å². The summed E-state index contributed by atoms with van der Waals surface area (Å²) in [4.78, 5) is 7.41. The maximum atomic E-state index is 11.4. The van der Waals surface area contributed by atoms with Gasteiger partial charge >= 0.3 is 7.12 Å². The lowest BCUT2D eigenvalue weighted by atomic mass is 9.79. The molecule has 0 aromatic carbocycles. The van der Waals surface area contributed by atoms with Gasteiger partial charge in [0.2, 0.25) is 10.0 Å². The molecule has 0 radical (unpaired) electrons. The van der Waals surface area contributed by atoms with Crippen LogP contribution in [0.4, 0.5) is 0 Å². The number of H-pyrrole nitrogens is 1. The van der Waals surface area contributed by atoms with Gasteiger partial charge in [-0.1, -0.05) is 6.58 Å². The second-order valence-electron chi connectivity index (χ2n) is 6.92. The molecule has 0 atom stereocenters. The number of aromatic nitrogens is 2. The van der Waals surface area contributed by atoms with E-state index in [0.717, 1.165) is 47.9 Å². The van der Waals surface area contributed by atoms with Crippen LogP contribution in [-0.2, 0) is 10.0 Å². The first-order valence-corrected chi connectivity index (χ1v) is 10.6. The molecule has 140 valence electrons. The number of aromatic amines is 1. The van der Waals surface area contributed by atoms with E-state index >= 15 is 0 Å². The van der Waals surface area contributed by atoms with Crippen molar-refractivity contribution in [1.29, 1.82) is 0 Å². The first-order valence-electron chi connectivity index (χ1n) is 8.72. The highest BCUT2D eigenvalue weighted by atomic mass is 32.2. The zero-order valence-electron chi connectivity index (χ0n) is 15.0. The number of allylic oxidation sites excluding steroid dienone is 1. The molecule has 2 aromatic rings. The van der Waals surface area contributed by atoms with Crippen LogP contribution in [0.3, 0.4) is 0 Å².